The van der Waals surface area contributed by atoms with E-state index < -0.39 is 10.0 Å². The van der Waals surface area contributed by atoms with E-state index in [0.717, 1.165) is 19.3 Å². The van der Waals surface area contributed by atoms with Crippen molar-refractivity contribution in [2.45, 2.75) is 44.0 Å². The fourth-order valence-corrected chi connectivity index (χ4v) is 3.87. The monoisotopic (exact) mass is 340 g/mol. The van der Waals surface area contributed by atoms with Crippen molar-refractivity contribution in [3.63, 3.8) is 0 Å². The molecule has 1 atom stereocenters. The van der Waals surface area contributed by atoms with Gasteiger partial charge in [-0.05, 0) is 50.5 Å². The minimum absolute atomic E-state index is 0.0808. The molecule has 6 nitrogen and oxygen atoms in total. The van der Waals surface area contributed by atoms with E-state index in [1.54, 1.807) is 12.1 Å². The number of benzene rings is 1. The van der Waals surface area contributed by atoms with Gasteiger partial charge in [0.1, 0.15) is 5.75 Å². The molecule has 2 rings (SSSR count). The lowest BCUT2D eigenvalue weighted by Gasteiger charge is -2.16. The molecular weight excluding hydrogens is 316 g/mol. The highest BCUT2D eigenvalue weighted by Gasteiger charge is 2.26. The lowest BCUT2D eigenvalue weighted by atomic mass is 10.2. The van der Waals surface area contributed by atoms with Crippen LogP contribution in [0, 0.1) is 0 Å². The van der Waals surface area contributed by atoms with Gasteiger partial charge >= 0.3 is 0 Å². The fourth-order valence-electron chi connectivity index (χ4n) is 2.35. The first-order chi connectivity index (χ1) is 10.9. The fraction of sp³-hybridized carbons (Fsp3) is 0.562. The van der Waals surface area contributed by atoms with Gasteiger partial charge in [0, 0.05) is 19.1 Å². The first kappa shape index (κ1) is 17.7. The van der Waals surface area contributed by atoms with Crippen LogP contribution >= 0.6 is 0 Å². The maximum Gasteiger partial charge on any atom is 0.258 e. The number of nitrogens with zero attached hydrogens (tertiary/aromatic N) is 1. The zero-order valence-electron chi connectivity index (χ0n) is 13.6. The van der Waals surface area contributed by atoms with Crippen LogP contribution in [-0.2, 0) is 14.8 Å². The Morgan fingerprint density at radius 3 is 2.43 bits per heavy atom. The van der Waals surface area contributed by atoms with Crippen LogP contribution in [-0.4, -0.2) is 44.4 Å². The second-order valence-corrected chi connectivity index (χ2v) is 7.69. The number of nitrogens with one attached hydrogen (secondary N) is 1. The Kier molecular flexibility index (Phi) is 6.01. The average molecular weight is 340 g/mol. The molecule has 0 radical (unpaired) electrons. The highest BCUT2D eigenvalue weighted by molar-refractivity contribution is 7.89. The van der Waals surface area contributed by atoms with Crippen LogP contribution in [0.15, 0.2) is 29.2 Å². The van der Waals surface area contributed by atoms with Gasteiger partial charge in [-0.2, -0.15) is 4.31 Å². The number of carbonyl (C=O) groups excluding carboxylic acids is 1. The van der Waals surface area contributed by atoms with Crippen LogP contribution in [0.25, 0.3) is 0 Å². The Morgan fingerprint density at radius 1 is 1.26 bits per heavy atom. The van der Waals surface area contributed by atoms with Gasteiger partial charge in [-0.25, -0.2) is 8.42 Å². The first-order valence-corrected chi connectivity index (χ1v) is 9.40. The molecule has 0 aromatic heterocycles. The summed E-state index contributed by atoms with van der Waals surface area (Å²) < 4.78 is 31.7. The molecule has 1 aromatic rings. The number of amides is 1. The molecule has 1 amide bonds. The van der Waals surface area contributed by atoms with E-state index in [2.05, 4.69) is 5.32 Å². The molecule has 128 valence electrons. The minimum Gasteiger partial charge on any atom is -0.484 e. The van der Waals surface area contributed by atoms with Crippen LogP contribution in [0.2, 0.25) is 0 Å². The van der Waals surface area contributed by atoms with Gasteiger partial charge in [-0.15, -0.1) is 0 Å². The predicted octanol–water partition coefficient (Wildman–Crippen LogP) is 1.76. The lowest BCUT2D eigenvalue weighted by Crippen LogP contribution is -2.35. The maximum atomic E-state index is 12.4. The Bertz CT molecular complexity index is 622. The summed E-state index contributed by atoms with van der Waals surface area (Å²) >= 11 is 0. The SMILES string of the molecule is CC[C@@H](C)NC(=O)COc1ccc(S(=O)(=O)N2CCCC2)cc1. The van der Waals surface area contributed by atoms with Crippen molar-refractivity contribution in [1.82, 2.24) is 9.62 Å². The molecule has 1 aromatic carbocycles. The van der Waals surface area contributed by atoms with Crippen molar-refractivity contribution in [2.24, 2.45) is 0 Å². The van der Waals surface area contributed by atoms with Crippen LogP contribution in [0.4, 0.5) is 0 Å². The van der Waals surface area contributed by atoms with Crippen molar-refractivity contribution in [3.05, 3.63) is 24.3 Å². The van der Waals surface area contributed by atoms with Crippen molar-refractivity contribution in [3.8, 4) is 5.75 Å². The van der Waals surface area contributed by atoms with E-state index in [1.807, 2.05) is 13.8 Å². The Morgan fingerprint density at radius 2 is 1.87 bits per heavy atom. The predicted molar refractivity (Wildman–Crippen MR) is 87.8 cm³/mol. The number of hydrogen-bond acceptors (Lipinski definition) is 4. The van der Waals surface area contributed by atoms with Gasteiger partial charge in [0.25, 0.3) is 5.91 Å². The van der Waals surface area contributed by atoms with Crippen LogP contribution in [0.3, 0.4) is 0 Å². The Balaban J connectivity index is 1.93. The quantitative estimate of drug-likeness (QED) is 0.821. The third-order valence-corrected chi connectivity index (χ3v) is 5.83. The maximum absolute atomic E-state index is 12.4. The molecule has 0 aliphatic carbocycles. The van der Waals surface area contributed by atoms with Crippen LogP contribution in [0.5, 0.6) is 5.75 Å². The minimum atomic E-state index is -3.41. The van der Waals surface area contributed by atoms with E-state index in [9.17, 15) is 13.2 Å². The molecule has 1 aliphatic heterocycles. The van der Waals surface area contributed by atoms with E-state index in [4.69, 9.17) is 4.74 Å². The van der Waals surface area contributed by atoms with Gasteiger partial charge in [0.2, 0.25) is 10.0 Å². The van der Waals surface area contributed by atoms with Gasteiger partial charge in [-0.3, -0.25) is 4.79 Å². The average Bonchev–Trinajstić information content (AvgIpc) is 3.08. The summed E-state index contributed by atoms with van der Waals surface area (Å²) in [5, 5.41) is 2.81. The zero-order chi connectivity index (χ0) is 16.9. The molecule has 0 bridgehead atoms. The van der Waals surface area contributed by atoms with Crippen molar-refractivity contribution >= 4 is 15.9 Å². The van der Waals surface area contributed by atoms with Crippen molar-refractivity contribution in [1.29, 1.82) is 0 Å². The molecule has 1 heterocycles. The third kappa shape index (κ3) is 4.68. The number of ether oxygens (including phenoxy) is 1. The summed E-state index contributed by atoms with van der Waals surface area (Å²) in [6.07, 6.45) is 2.67. The summed E-state index contributed by atoms with van der Waals surface area (Å²) in [5.74, 6) is 0.290. The van der Waals surface area contributed by atoms with Crippen molar-refractivity contribution < 1.29 is 17.9 Å². The van der Waals surface area contributed by atoms with Gasteiger partial charge in [-0.1, -0.05) is 6.92 Å². The highest BCUT2D eigenvalue weighted by atomic mass is 32.2. The number of rotatable bonds is 7. The second-order valence-electron chi connectivity index (χ2n) is 5.75. The molecular formula is C16H24N2O4S. The standard InChI is InChI=1S/C16H24N2O4S/c1-3-13(2)17-16(19)12-22-14-6-8-15(9-7-14)23(20,21)18-10-4-5-11-18/h6-9,13H,3-5,10-12H2,1-2H3,(H,17,19)/t13-/m1/s1. The topological polar surface area (TPSA) is 75.7 Å². The smallest absolute Gasteiger partial charge is 0.258 e. The molecule has 0 saturated carbocycles. The van der Waals surface area contributed by atoms with E-state index in [1.165, 1.54) is 16.4 Å². The summed E-state index contributed by atoms with van der Waals surface area (Å²) in [6.45, 7) is 5.00. The van der Waals surface area contributed by atoms with Gasteiger partial charge in [0.15, 0.2) is 6.61 Å². The number of sulfonamides is 1. The largest absolute Gasteiger partial charge is 0.484 e. The Labute approximate surface area is 137 Å². The molecule has 7 heteroatoms. The summed E-state index contributed by atoms with van der Waals surface area (Å²) in [4.78, 5) is 11.9. The van der Waals surface area contributed by atoms with E-state index in [-0.39, 0.29) is 23.5 Å². The highest BCUT2D eigenvalue weighted by Crippen LogP contribution is 2.22. The molecule has 1 N–H and O–H groups in total. The second kappa shape index (κ2) is 7.79. The third-order valence-electron chi connectivity index (χ3n) is 3.92. The lowest BCUT2D eigenvalue weighted by molar-refractivity contribution is -0.123. The van der Waals surface area contributed by atoms with Gasteiger partial charge in [0.05, 0.1) is 4.90 Å². The molecule has 1 saturated heterocycles. The van der Waals surface area contributed by atoms with E-state index >= 15 is 0 Å². The summed E-state index contributed by atoms with van der Waals surface area (Å²) in [7, 11) is -3.41. The van der Waals surface area contributed by atoms with Crippen LogP contribution < -0.4 is 10.1 Å². The first-order valence-electron chi connectivity index (χ1n) is 7.96. The molecule has 1 fully saturated rings. The summed E-state index contributed by atoms with van der Waals surface area (Å²) in [5.41, 5.74) is 0. The Hall–Kier alpha value is -1.60. The van der Waals surface area contributed by atoms with Gasteiger partial charge < -0.3 is 10.1 Å². The molecule has 0 unspecified atom stereocenters. The molecule has 0 spiro atoms. The summed E-state index contributed by atoms with van der Waals surface area (Å²) in [6, 6.07) is 6.32. The van der Waals surface area contributed by atoms with E-state index in [0.29, 0.717) is 18.8 Å². The van der Waals surface area contributed by atoms with Crippen molar-refractivity contribution in [2.75, 3.05) is 19.7 Å². The molecule has 23 heavy (non-hydrogen) atoms. The zero-order valence-corrected chi connectivity index (χ0v) is 14.4. The number of carbonyl (C=O) groups is 1. The normalized spacial score (nSPS) is 17.0. The van der Waals surface area contributed by atoms with Crippen LogP contribution in [0.1, 0.15) is 33.1 Å². The number of hydrogen-bond donors (Lipinski definition) is 1. The molecule has 1 aliphatic rings.